The summed E-state index contributed by atoms with van der Waals surface area (Å²) in [6.07, 6.45) is 13.4. The first-order valence-corrected chi connectivity index (χ1v) is 9.31. The molecule has 1 N–H and O–H groups in total. The zero-order valence-electron chi connectivity index (χ0n) is 14.1. The van der Waals surface area contributed by atoms with E-state index in [1.807, 2.05) is 18.3 Å². The number of carbonyl (C=O) groups excluding carboxylic acids is 1. The van der Waals surface area contributed by atoms with E-state index >= 15 is 0 Å². The van der Waals surface area contributed by atoms with Crippen molar-refractivity contribution in [2.24, 2.45) is 23.2 Å². The molecule has 23 heavy (non-hydrogen) atoms. The van der Waals surface area contributed by atoms with E-state index in [0.29, 0.717) is 17.9 Å². The molecule has 1 aromatic heterocycles. The van der Waals surface area contributed by atoms with Crippen LogP contribution in [0.15, 0.2) is 24.5 Å². The molecule has 1 heterocycles. The number of rotatable bonds is 5. The highest BCUT2D eigenvalue weighted by Crippen LogP contribution is 2.61. The van der Waals surface area contributed by atoms with Crippen LogP contribution in [-0.4, -0.2) is 16.9 Å². The third-order valence-electron chi connectivity index (χ3n) is 6.75. The highest BCUT2D eigenvalue weighted by atomic mass is 16.1. The zero-order chi connectivity index (χ0) is 15.9. The topological polar surface area (TPSA) is 42.0 Å². The van der Waals surface area contributed by atoms with Crippen LogP contribution in [0.25, 0.3) is 0 Å². The van der Waals surface area contributed by atoms with Crippen molar-refractivity contribution >= 4 is 5.91 Å². The van der Waals surface area contributed by atoms with E-state index in [4.69, 9.17) is 0 Å². The Morgan fingerprint density at radius 2 is 1.91 bits per heavy atom. The van der Waals surface area contributed by atoms with Gasteiger partial charge in [-0.2, -0.15) is 0 Å². The Balaban J connectivity index is 1.34. The van der Waals surface area contributed by atoms with E-state index < -0.39 is 0 Å². The molecule has 4 bridgehead atoms. The molecular formula is C20H28N2O. The number of nitrogens with one attached hydrogen (secondary N) is 1. The van der Waals surface area contributed by atoms with Crippen LogP contribution in [0.5, 0.6) is 0 Å². The maximum absolute atomic E-state index is 12.4. The number of hydrogen-bond donors (Lipinski definition) is 1. The lowest BCUT2D eigenvalue weighted by Crippen LogP contribution is -2.55. The molecule has 0 radical (unpaired) electrons. The van der Waals surface area contributed by atoms with Gasteiger partial charge in [-0.25, -0.2) is 0 Å². The quantitative estimate of drug-likeness (QED) is 0.900. The molecule has 3 heteroatoms. The second kappa shape index (κ2) is 5.92. The van der Waals surface area contributed by atoms with Crippen LogP contribution in [0.2, 0.25) is 0 Å². The molecule has 1 unspecified atom stereocenters. The Bertz CT molecular complexity index is 533. The fourth-order valence-electron chi connectivity index (χ4n) is 5.98. The van der Waals surface area contributed by atoms with E-state index in [2.05, 4.69) is 17.2 Å². The van der Waals surface area contributed by atoms with Gasteiger partial charge in [-0.3, -0.25) is 9.78 Å². The average molecular weight is 312 g/mol. The first-order valence-electron chi connectivity index (χ1n) is 9.31. The molecule has 1 atom stereocenters. The molecule has 1 amide bonds. The Kier molecular flexibility index (Phi) is 3.90. The summed E-state index contributed by atoms with van der Waals surface area (Å²) in [5, 5.41) is 3.35. The molecule has 4 aliphatic carbocycles. The van der Waals surface area contributed by atoms with Gasteiger partial charge in [0.05, 0.1) is 0 Å². The van der Waals surface area contributed by atoms with E-state index in [-0.39, 0.29) is 5.91 Å². The predicted octanol–water partition coefficient (Wildman–Crippen LogP) is 3.74. The maximum atomic E-state index is 12.4. The Labute approximate surface area is 139 Å². The van der Waals surface area contributed by atoms with E-state index in [1.165, 1.54) is 38.5 Å². The molecule has 4 saturated carbocycles. The Morgan fingerprint density at radius 3 is 2.48 bits per heavy atom. The summed E-state index contributed by atoms with van der Waals surface area (Å²) in [6.45, 7) is 2.26. The maximum Gasteiger partial charge on any atom is 0.220 e. The lowest BCUT2D eigenvalue weighted by molar-refractivity contribution is -0.125. The van der Waals surface area contributed by atoms with Crippen LogP contribution in [0.4, 0.5) is 0 Å². The number of nitrogens with zero attached hydrogens (tertiary/aromatic N) is 1. The predicted molar refractivity (Wildman–Crippen MR) is 90.8 cm³/mol. The minimum absolute atomic E-state index is 0.206. The largest absolute Gasteiger partial charge is 0.353 e. The van der Waals surface area contributed by atoms with Gasteiger partial charge in [-0.05, 0) is 86.7 Å². The number of aromatic nitrogens is 1. The van der Waals surface area contributed by atoms with Crippen LogP contribution in [0, 0.1) is 23.2 Å². The van der Waals surface area contributed by atoms with Crippen LogP contribution in [0.1, 0.15) is 57.4 Å². The van der Waals surface area contributed by atoms with Gasteiger partial charge in [-0.15, -0.1) is 0 Å². The van der Waals surface area contributed by atoms with Crippen LogP contribution >= 0.6 is 0 Å². The van der Waals surface area contributed by atoms with Crippen molar-refractivity contribution in [3.05, 3.63) is 30.1 Å². The van der Waals surface area contributed by atoms with E-state index in [9.17, 15) is 4.79 Å². The molecule has 124 valence electrons. The van der Waals surface area contributed by atoms with Gasteiger partial charge < -0.3 is 5.32 Å². The second-order valence-electron chi connectivity index (χ2n) is 8.43. The molecule has 4 fully saturated rings. The molecular weight excluding hydrogens is 284 g/mol. The standard InChI is InChI=1S/C20H28N2O/c1-14(22-19(23)5-4-15-3-2-6-21-13-15)20-10-16-7-17(11-20)9-18(8-16)12-20/h2-3,6,13-14,16-18H,4-5,7-12H2,1H3,(H,22,23). The van der Waals surface area contributed by atoms with Crippen molar-refractivity contribution in [2.75, 3.05) is 0 Å². The first kappa shape index (κ1) is 15.2. The van der Waals surface area contributed by atoms with Crippen molar-refractivity contribution in [3.63, 3.8) is 0 Å². The normalized spacial score (nSPS) is 36.0. The van der Waals surface area contributed by atoms with Gasteiger partial charge in [0.25, 0.3) is 0 Å². The summed E-state index contributed by atoms with van der Waals surface area (Å²) in [5.74, 6) is 3.03. The van der Waals surface area contributed by atoms with Gasteiger partial charge in [0.2, 0.25) is 5.91 Å². The summed E-state index contributed by atoms with van der Waals surface area (Å²) in [7, 11) is 0. The number of pyridine rings is 1. The number of carbonyl (C=O) groups is 1. The Morgan fingerprint density at radius 1 is 1.26 bits per heavy atom. The van der Waals surface area contributed by atoms with Crippen molar-refractivity contribution in [1.29, 1.82) is 0 Å². The highest BCUT2D eigenvalue weighted by Gasteiger charge is 2.53. The van der Waals surface area contributed by atoms with Crippen LogP contribution < -0.4 is 5.32 Å². The molecule has 0 aliphatic heterocycles. The third kappa shape index (κ3) is 3.02. The van der Waals surface area contributed by atoms with Gasteiger partial charge in [0, 0.05) is 24.9 Å². The minimum atomic E-state index is 0.206. The Hall–Kier alpha value is -1.38. The minimum Gasteiger partial charge on any atom is -0.353 e. The SMILES string of the molecule is CC(NC(=O)CCc1cccnc1)C12CC3CC(CC(C3)C1)C2. The van der Waals surface area contributed by atoms with Crippen molar-refractivity contribution < 1.29 is 4.79 Å². The monoisotopic (exact) mass is 312 g/mol. The van der Waals surface area contributed by atoms with Gasteiger partial charge in [-0.1, -0.05) is 6.07 Å². The van der Waals surface area contributed by atoms with Gasteiger partial charge in [0.15, 0.2) is 0 Å². The smallest absolute Gasteiger partial charge is 0.220 e. The summed E-state index contributed by atoms with van der Waals surface area (Å²) in [4.78, 5) is 16.5. The highest BCUT2D eigenvalue weighted by molar-refractivity contribution is 5.76. The fraction of sp³-hybridized carbons (Fsp3) is 0.700. The van der Waals surface area contributed by atoms with Crippen LogP contribution in [0.3, 0.4) is 0 Å². The summed E-state index contributed by atoms with van der Waals surface area (Å²) in [5.41, 5.74) is 1.55. The fourth-order valence-corrected chi connectivity index (χ4v) is 5.98. The summed E-state index contributed by atoms with van der Waals surface area (Å²) in [6, 6.07) is 4.31. The molecule has 3 nitrogen and oxygen atoms in total. The summed E-state index contributed by atoms with van der Waals surface area (Å²) >= 11 is 0. The number of amides is 1. The zero-order valence-corrected chi connectivity index (χ0v) is 14.1. The lowest BCUT2D eigenvalue weighted by atomic mass is 9.48. The van der Waals surface area contributed by atoms with Crippen molar-refractivity contribution in [2.45, 2.75) is 64.3 Å². The third-order valence-corrected chi connectivity index (χ3v) is 6.75. The van der Waals surface area contributed by atoms with Crippen molar-refractivity contribution in [1.82, 2.24) is 10.3 Å². The van der Waals surface area contributed by atoms with Gasteiger partial charge >= 0.3 is 0 Å². The number of hydrogen-bond acceptors (Lipinski definition) is 2. The number of aryl methyl sites for hydroxylation is 1. The lowest BCUT2D eigenvalue weighted by Gasteiger charge is -2.59. The summed E-state index contributed by atoms with van der Waals surface area (Å²) < 4.78 is 0. The first-order chi connectivity index (χ1) is 11.1. The van der Waals surface area contributed by atoms with Gasteiger partial charge in [0.1, 0.15) is 0 Å². The molecule has 0 spiro atoms. The van der Waals surface area contributed by atoms with E-state index in [0.717, 1.165) is 29.7 Å². The van der Waals surface area contributed by atoms with Crippen molar-refractivity contribution in [3.8, 4) is 0 Å². The molecule has 0 saturated heterocycles. The molecule has 1 aromatic rings. The van der Waals surface area contributed by atoms with E-state index in [1.54, 1.807) is 6.20 Å². The molecule has 0 aromatic carbocycles. The average Bonchev–Trinajstić information content (AvgIpc) is 2.52. The molecule has 5 rings (SSSR count). The second-order valence-corrected chi connectivity index (χ2v) is 8.43. The molecule has 4 aliphatic rings. The van der Waals surface area contributed by atoms with Crippen LogP contribution in [-0.2, 0) is 11.2 Å².